The fourth-order valence-corrected chi connectivity index (χ4v) is 11.8. The number of rotatable bonds is 22. The molecule has 8 nitrogen and oxygen atoms in total. The van der Waals surface area contributed by atoms with Gasteiger partial charge in [-0.05, 0) is 36.8 Å². The molecule has 0 aliphatic heterocycles. The van der Waals surface area contributed by atoms with Crippen LogP contribution in [0.2, 0.25) is 0 Å². The molecule has 2 heterocycles. The van der Waals surface area contributed by atoms with Crippen LogP contribution in [0, 0.1) is 11.6 Å². The molecule has 14 heteroatoms. The van der Waals surface area contributed by atoms with Gasteiger partial charge in [-0.1, -0.05) is 143 Å². The molecule has 0 amide bonds. The summed E-state index contributed by atoms with van der Waals surface area (Å²) in [6, 6.07) is 3.53. The molecule has 0 saturated carbocycles. The second-order valence-electron chi connectivity index (χ2n) is 17.0. The van der Waals surface area contributed by atoms with Crippen LogP contribution in [0.4, 0.5) is 8.78 Å². The van der Waals surface area contributed by atoms with E-state index in [1.165, 1.54) is 0 Å². The molecule has 2 aromatic heterocycles. The molecule has 2 aliphatic rings. The number of fused-ring (bicyclic) bond motifs is 10. The smallest absolute Gasteiger partial charge is 0.423 e. The van der Waals surface area contributed by atoms with Gasteiger partial charge >= 0.3 is 14.2 Å². The van der Waals surface area contributed by atoms with Gasteiger partial charge in [0.15, 0.2) is 0 Å². The maximum Gasteiger partial charge on any atom is 0.490 e. The Balaban J connectivity index is 1.62. The minimum atomic E-state index is -1.84. The minimum Gasteiger partial charge on any atom is -0.423 e. The molecule has 0 spiro atoms. The number of benzene rings is 3. The third-order valence-electron chi connectivity index (χ3n) is 13.4. The van der Waals surface area contributed by atoms with E-state index in [1.807, 2.05) is 0 Å². The molecule has 0 unspecified atom stereocenters. The van der Waals surface area contributed by atoms with Gasteiger partial charge in [-0.25, -0.2) is 8.78 Å². The second-order valence-corrected chi connectivity index (χ2v) is 18.0. The van der Waals surface area contributed by atoms with E-state index >= 15 is 8.78 Å². The zero-order valence-electron chi connectivity index (χ0n) is 34.6. The largest absolute Gasteiger partial charge is 0.490 e. The monoisotopic (exact) mass is 830 g/mol. The van der Waals surface area contributed by atoms with Crippen molar-refractivity contribution in [3.63, 3.8) is 0 Å². The van der Waals surface area contributed by atoms with Crippen molar-refractivity contribution >= 4 is 70.7 Å². The fourth-order valence-electron chi connectivity index (χ4n) is 10.6. The van der Waals surface area contributed by atoms with Gasteiger partial charge in [0.2, 0.25) is 0 Å². The Labute approximate surface area is 350 Å². The highest BCUT2D eigenvalue weighted by molar-refractivity contribution is 7.00. The van der Waals surface area contributed by atoms with Crippen molar-refractivity contribution in [1.82, 2.24) is 17.5 Å². The quantitative estimate of drug-likeness (QED) is 0.0401. The normalized spacial score (nSPS) is 14.7. The Bertz CT molecular complexity index is 2070. The summed E-state index contributed by atoms with van der Waals surface area (Å²) in [6.45, 7) is 8.62. The first-order valence-corrected chi connectivity index (χ1v) is 23.5. The summed E-state index contributed by atoms with van der Waals surface area (Å²) >= 11 is 1.88. The molecule has 58 heavy (non-hydrogen) atoms. The van der Waals surface area contributed by atoms with Crippen molar-refractivity contribution in [2.45, 2.75) is 167 Å². The van der Waals surface area contributed by atoms with E-state index in [2.05, 4.69) is 36.4 Å². The van der Waals surface area contributed by atoms with E-state index in [-0.39, 0.29) is 22.1 Å². The highest BCUT2D eigenvalue weighted by Crippen LogP contribution is 2.64. The lowest BCUT2D eigenvalue weighted by Crippen LogP contribution is -2.34. The molecular weight excluding hydrogens is 772 g/mol. The van der Waals surface area contributed by atoms with Crippen LogP contribution in [-0.2, 0) is 10.8 Å². The molecule has 0 bridgehead atoms. The zero-order chi connectivity index (χ0) is 41.2. The maximum atomic E-state index is 19.0. The van der Waals surface area contributed by atoms with E-state index in [4.69, 9.17) is 8.75 Å². The van der Waals surface area contributed by atoms with Crippen LogP contribution in [0.3, 0.4) is 0 Å². The van der Waals surface area contributed by atoms with Crippen LogP contribution in [0.5, 0.6) is 0 Å². The van der Waals surface area contributed by atoms with Crippen LogP contribution in [-0.4, -0.2) is 51.8 Å². The number of halogens is 2. The minimum absolute atomic E-state index is 0.201. The van der Waals surface area contributed by atoms with E-state index in [1.54, 1.807) is 12.1 Å². The van der Waals surface area contributed by atoms with Gasteiger partial charge in [-0.15, -0.1) is 0 Å². The van der Waals surface area contributed by atoms with E-state index in [0.29, 0.717) is 81.1 Å². The SMILES string of the molecule is CCCCCCC1(CCCCCC)c2cc(B(O)O)c3nsnc3c2-c2c(F)c3c(c(F)c21)-c1c(cc(B(O)O)c2nsnc12)C3(CCCCCC)CCCCCC. The van der Waals surface area contributed by atoms with Gasteiger partial charge in [0, 0.05) is 55.1 Å². The molecule has 0 radical (unpaired) electrons. The molecule has 0 saturated heterocycles. The average Bonchev–Trinajstić information content (AvgIpc) is 4.00. The van der Waals surface area contributed by atoms with Crippen molar-refractivity contribution in [3.8, 4) is 22.3 Å². The predicted molar refractivity (Wildman–Crippen MR) is 235 cm³/mol. The molecule has 7 rings (SSSR count). The molecule has 5 aromatic rings. The third-order valence-corrected chi connectivity index (χ3v) is 14.4. The van der Waals surface area contributed by atoms with E-state index in [9.17, 15) is 20.1 Å². The van der Waals surface area contributed by atoms with Gasteiger partial charge < -0.3 is 20.1 Å². The van der Waals surface area contributed by atoms with Gasteiger partial charge in [0.05, 0.1) is 23.5 Å². The summed E-state index contributed by atoms with van der Waals surface area (Å²) in [6.07, 6.45) is 17.3. The summed E-state index contributed by atoms with van der Waals surface area (Å²) < 4.78 is 56.4. The van der Waals surface area contributed by atoms with Crippen molar-refractivity contribution in [1.29, 1.82) is 0 Å². The van der Waals surface area contributed by atoms with Crippen LogP contribution in [0.25, 0.3) is 44.3 Å². The lowest BCUT2D eigenvalue weighted by molar-refractivity contribution is 0.377. The first kappa shape index (κ1) is 43.2. The third kappa shape index (κ3) is 7.25. The van der Waals surface area contributed by atoms with E-state index < -0.39 is 36.7 Å². The summed E-state index contributed by atoms with van der Waals surface area (Å²) in [5.74, 6) is -0.930. The number of nitrogens with zero attached hydrogens (tertiary/aromatic N) is 4. The topological polar surface area (TPSA) is 132 Å². The van der Waals surface area contributed by atoms with Crippen molar-refractivity contribution < 1.29 is 28.9 Å². The number of unbranched alkanes of at least 4 members (excludes halogenated alkanes) is 12. The average molecular weight is 831 g/mol. The second kappa shape index (κ2) is 18.4. The molecule has 4 N–H and O–H groups in total. The first-order valence-electron chi connectivity index (χ1n) is 22.0. The van der Waals surface area contributed by atoms with Crippen LogP contribution >= 0.6 is 23.5 Å². The molecule has 2 aliphatic carbocycles. The van der Waals surface area contributed by atoms with Crippen LogP contribution in [0.15, 0.2) is 12.1 Å². The summed E-state index contributed by atoms with van der Waals surface area (Å²) in [5, 5.41) is 43.0. The molecule has 0 atom stereocenters. The Morgan fingerprint density at radius 3 is 1.07 bits per heavy atom. The zero-order valence-corrected chi connectivity index (χ0v) is 36.2. The van der Waals surface area contributed by atoms with Crippen molar-refractivity contribution in [2.75, 3.05) is 0 Å². The van der Waals surface area contributed by atoms with Gasteiger partial charge in [-0.2, -0.15) is 17.5 Å². The van der Waals surface area contributed by atoms with Crippen molar-refractivity contribution in [2.24, 2.45) is 0 Å². The standard InChI is InChI=1S/C44H58B2F2N4O4S2/c1-5-9-13-17-21-43(22-18-14-10-6-2)27-25-29(45(53)54)39-41(51-57-49-39)31(27)33-35(43)37(47)34-32-28(26-30(46(55)56)40-42(32)52-58-50-40)44(36(34)38(33)48,23-19-15-11-7-3)24-20-16-12-8-4/h25-26,53-56H,5-24H2,1-4H3. The summed E-state index contributed by atoms with van der Waals surface area (Å²) in [7, 11) is -3.68. The Hall–Kier alpha value is -2.87. The van der Waals surface area contributed by atoms with Crippen molar-refractivity contribution in [3.05, 3.63) is 46.0 Å². The Morgan fingerprint density at radius 2 is 0.776 bits per heavy atom. The number of hydrogen-bond acceptors (Lipinski definition) is 10. The maximum absolute atomic E-state index is 19.0. The van der Waals surface area contributed by atoms with Crippen LogP contribution in [0.1, 0.15) is 178 Å². The molecule has 310 valence electrons. The predicted octanol–water partition coefficient (Wildman–Crippen LogP) is 9.75. The highest BCUT2D eigenvalue weighted by Gasteiger charge is 2.55. The first-order chi connectivity index (χ1) is 28.1. The van der Waals surface area contributed by atoms with Gasteiger partial charge in [0.1, 0.15) is 33.7 Å². The summed E-state index contributed by atoms with van der Waals surface area (Å²) in [4.78, 5) is 0. The fraction of sp³-hybridized carbons (Fsp3) is 0.591. The lowest BCUT2D eigenvalue weighted by Gasteiger charge is -2.35. The molecule has 0 fully saturated rings. The highest BCUT2D eigenvalue weighted by atomic mass is 32.1. The number of hydrogen-bond donors (Lipinski definition) is 4. The molecule has 3 aromatic carbocycles. The molecular formula is C44H58B2F2N4O4S2. The van der Waals surface area contributed by atoms with Gasteiger partial charge in [-0.3, -0.25) is 0 Å². The van der Waals surface area contributed by atoms with E-state index in [0.717, 1.165) is 126 Å². The Kier molecular flexibility index (Phi) is 13.7. The lowest BCUT2D eigenvalue weighted by atomic mass is 9.67. The van der Waals surface area contributed by atoms with Crippen LogP contribution < -0.4 is 10.9 Å². The Morgan fingerprint density at radius 1 is 0.466 bits per heavy atom. The van der Waals surface area contributed by atoms with Gasteiger partial charge in [0.25, 0.3) is 0 Å². The summed E-state index contributed by atoms with van der Waals surface area (Å²) in [5.41, 5.74) is 3.34. The number of aromatic nitrogens is 4.